The smallest absolute Gasteiger partial charge is 0.411 e. The third-order valence-electron chi connectivity index (χ3n) is 3.38. The zero-order valence-corrected chi connectivity index (χ0v) is 13.0. The van der Waals surface area contributed by atoms with Crippen LogP contribution in [-0.4, -0.2) is 59.6 Å². The molecule has 1 amide bonds. The van der Waals surface area contributed by atoms with Crippen LogP contribution < -0.4 is 0 Å². The summed E-state index contributed by atoms with van der Waals surface area (Å²) in [6.45, 7) is 4.72. The van der Waals surface area contributed by atoms with Crippen LogP contribution in [0.5, 0.6) is 0 Å². The summed E-state index contributed by atoms with van der Waals surface area (Å²) in [5.41, 5.74) is -2.15. The van der Waals surface area contributed by atoms with Crippen molar-refractivity contribution in [3.8, 4) is 0 Å². The molecular formula is C14H24FNO5. The van der Waals surface area contributed by atoms with Crippen LogP contribution in [0.4, 0.5) is 9.18 Å². The maximum atomic E-state index is 13.9. The molecule has 21 heavy (non-hydrogen) atoms. The SMILES string of the molecule is COC(=O)[C@@]1(CCCO)C[C@@H](F)CN1C(=O)OC(C)(C)C. The van der Waals surface area contributed by atoms with Crippen LogP contribution >= 0.6 is 0 Å². The normalized spacial score (nSPS) is 25.8. The second-order valence-electron chi connectivity index (χ2n) is 6.24. The van der Waals surface area contributed by atoms with Crippen LogP contribution in [0.3, 0.4) is 0 Å². The first kappa shape index (κ1) is 17.7. The number of rotatable bonds is 4. The molecule has 0 aromatic heterocycles. The molecule has 0 radical (unpaired) electrons. The number of hydrogen-bond acceptors (Lipinski definition) is 5. The number of esters is 1. The molecule has 0 saturated carbocycles. The van der Waals surface area contributed by atoms with Gasteiger partial charge in [-0.2, -0.15) is 0 Å². The van der Waals surface area contributed by atoms with Gasteiger partial charge in [-0.05, 0) is 33.6 Å². The maximum Gasteiger partial charge on any atom is 0.411 e. The Labute approximate surface area is 124 Å². The van der Waals surface area contributed by atoms with Crippen molar-refractivity contribution in [3.63, 3.8) is 0 Å². The van der Waals surface area contributed by atoms with E-state index in [1.54, 1.807) is 20.8 Å². The Morgan fingerprint density at radius 2 is 2.05 bits per heavy atom. The van der Waals surface area contributed by atoms with Gasteiger partial charge in [0.15, 0.2) is 0 Å². The van der Waals surface area contributed by atoms with Crippen molar-refractivity contribution in [2.45, 2.75) is 57.3 Å². The minimum atomic E-state index is -1.40. The van der Waals surface area contributed by atoms with Crippen molar-refractivity contribution in [3.05, 3.63) is 0 Å². The van der Waals surface area contributed by atoms with E-state index in [-0.39, 0.29) is 32.4 Å². The van der Waals surface area contributed by atoms with Crippen molar-refractivity contribution in [2.24, 2.45) is 0 Å². The third-order valence-corrected chi connectivity index (χ3v) is 3.38. The number of carbonyl (C=O) groups is 2. The fourth-order valence-electron chi connectivity index (χ4n) is 2.57. The summed E-state index contributed by atoms with van der Waals surface area (Å²) in [7, 11) is 1.20. The molecule has 1 rings (SSSR count). The number of aliphatic hydroxyl groups excluding tert-OH is 1. The molecule has 7 heteroatoms. The first-order chi connectivity index (χ1) is 9.66. The van der Waals surface area contributed by atoms with Crippen molar-refractivity contribution >= 4 is 12.1 Å². The molecule has 0 aromatic rings. The van der Waals surface area contributed by atoms with E-state index < -0.39 is 29.4 Å². The van der Waals surface area contributed by atoms with Gasteiger partial charge in [0.05, 0.1) is 13.7 Å². The Morgan fingerprint density at radius 3 is 2.52 bits per heavy atom. The van der Waals surface area contributed by atoms with Gasteiger partial charge in [0.1, 0.15) is 17.3 Å². The van der Waals surface area contributed by atoms with E-state index in [1.807, 2.05) is 0 Å². The number of alkyl halides is 1. The molecule has 2 atom stereocenters. The number of ether oxygens (including phenoxy) is 2. The van der Waals surface area contributed by atoms with Crippen LogP contribution in [0, 0.1) is 0 Å². The lowest BCUT2D eigenvalue weighted by atomic mass is 9.90. The third kappa shape index (κ3) is 4.06. The number of likely N-dealkylation sites (tertiary alicyclic amines) is 1. The Kier molecular flexibility index (Phi) is 5.55. The molecule has 0 aliphatic carbocycles. The number of carbonyl (C=O) groups excluding carboxylic acids is 2. The van der Waals surface area contributed by atoms with Crippen LogP contribution in [0.15, 0.2) is 0 Å². The molecule has 1 N–H and O–H groups in total. The van der Waals surface area contributed by atoms with Gasteiger partial charge in [-0.25, -0.2) is 14.0 Å². The van der Waals surface area contributed by atoms with E-state index in [2.05, 4.69) is 0 Å². The highest BCUT2D eigenvalue weighted by Crippen LogP contribution is 2.37. The monoisotopic (exact) mass is 305 g/mol. The zero-order valence-electron chi connectivity index (χ0n) is 13.0. The van der Waals surface area contributed by atoms with Gasteiger partial charge in [-0.1, -0.05) is 0 Å². The van der Waals surface area contributed by atoms with Gasteiger partial charge in [-0.3, -0.25) is 4.90 Å². The molecule has 0 spiro atoms. The molecule has 6 nitrogen and oxygen atoms in total. The second-order valence-corrected chi connectivity index (χ2v) is 6.24. The minimum absolute atomic E-state index is 0.135. The summed E-state index contributed by atoms with van der Waals surface area (Å²) in [5, 5.41) is 8.99. The summed E-state index contributed by atoms with van der Waals surface area (Å²) < 4.78 is 23.9. The number of amides is 1. The van der Waals surface area contributed by atoms with E-state index in [9.17, 15) is 14.0 Å². The molecular weight excluding hydrogens is 281 g/mol. The molecule has 0 aromatic carbocycles. The highest BCUT2D eigenvalue weighted by molar-refractivity contribution is 5.86. The van der Waals surface area contributed by atoms with Gasteiger partial charge in [0.2, 0.25) is 0 Å². The van der Waals surface area contributed by atoms with Crippen molar-refractivity contribution < 1.29 is 28.6 Å². The predicted molar refractivity (Wildman–Crippen MR) is 73.5 cm³/mol. The molecule has 1 saturated heterocycles. The van der Waals surface area contributed by atoms with Gasteiger partial charge in [-0.15, -0.1) is 0 Å². The summed E-state index contributed by atoms with van der Waals surface area (Å²) in [6.07, 6.45) is -1.81. The number of aliphatic hydroxyl groups is 1. The standard InChI is InChI=1S/C14H24FNO5/c1-13(2,3)21-12(19)16-9-10(15)8-14(16,6-5-7-17)11(18)20-4/h10,17H,5-9H2,1-4H3/t10-,14-/m1/s1. The summed E-state index contributed by atoms with van der Waals surface area (Å²) in [4.78, 5) is 25.5. The summed E-state index contributed by atoms with van der Waals surface area (Å²) in [6, 6.07) is 0. The van der Waals surface area contributed by atoms with E-state index >= 15 is 0 Å². The average Bonchev–Trinajstić information content (AvgIpc) is 2.71. The largest absolute Gasteiger partial charge is 0.467 e. The van der Waals surface area contributed by atoms with E-state index in [0.29, 0.717) is 0 Å². The fourth-order valence-corrected chi connectivity index (χ4v) is 2.57. The zero-order chi connectivity index (χ0) is 16.3. The lowest BCUT2D eigenvalue weighted by Gasteiger charge is -2.36. The van der Waals surface area contributed by atoms with Gasteiger partial charge >= 0.3 is 12.1 Å². The van der Waals surface area contributed by atoms with Gasteiger partial charge < -0.3 is 14.6 Å². The quantitative estimate of drug-likeness (QED) is 0.799. The number of nitrogens with zero attached hydrogens (tertiary/aromatic N) is 1. The number of hydrogen-bond donors (Lipinski definition) is 1. The van der Waals surface area contributed by atoms with Crippen LogP contribution in [0.2, 0.25) is 0 Å². The van der Waals surface area contributed by atoms with E-state index in [1.165, 1.54) is 7.11 Å². The maximum absolute atomic E-state index is 13.9. The minimum Gasteiger partial charge on any atom is -0.467 e. The Morgan fingerprint density at radius 1 is 1.43 bits per heavy atom. The number of methoxy groups -OCH3 is 1. The first-order valence-corrected chi connectivity index (χ1v) is 7.00. The van der Waals surface area contributed by atoms with Crippen LogP contribution in [0.25, 0.3) is 0 Å². The Hall–Kier alpha value is -1.37. The topological polar surface area (TPSA) is 76.1 Å². The first-order valence-electron chi connectivity index (χ1n) is 7.00. The van der Waals surface area contributed by atoms with Gasteiger partial charge in [0.25, 0.3) is 0 Å². The highest BCUT2D eigenvalue weighted by atomic mass is 19.1. The van der Waals surface area contributed by atoms with Crippen molar-refractivity contribution in [1.29, 1.82) is 0 Å². The number of halogens is 1. The van der Waals surface area contributed by atoms with Crippen LogP contribution in [-0.2, 0) is 14.3 Å². The van der Waals surface area contributed by atoms with Crippen LogP contribution in [0.1, 0.15) is 40.0 Å². The molecule has 1 fully saturated rings. The molecule has 0 unspecified atom stereocenters. The molecule has 1 aliphatic heterocycles. The molecule has 1 aliphatic rings. The van der Waals surface area contributed by atoms with Gasteiger partial charge in [0, 0.05) is 13.0 Å². The van der Waals surface area contributed by atoms with Crippen molar-refractivity contribution in [2.75, 3.05) is 20.3 Å². The van der Waals surface area contributed by atoms with E-state index in [0.717, 1.165) is 4.90 Å². The average molecular weight is 305 g/mol. The molecule has 122 valence electrons. The Bertz CT molecular complexity index is 395. The highest BCUT2D eigenvalue weighted by Gasteiger charge is 2.55. The Balaban J connectivity index is 3.06. The van der Waals surface area contributed by atoms with E-state index in [4.69, 9.17) is 14.6 Å². The van der Waals surface area contributed by atoms with Crippen molar-refractivity contribution in [1.82, 2.24) is 4.90 Å². The lowest BCUT2D eigenvalue weighted by Crippen LogP contribution is -2.54. The lowest BCUT2D eigenvalue weighted by molar-refractivity contribution is -0.154. The summed E-state index contributed by atoms with van der Waals surface area (Å²) in [5.74, 6) is -0.679. The second kappa shape index (κ2) is 6.60. The molecule has 1 heterocycles. The summed E-state index contributed by atoms with van der Waals surface area (Å²) >= 11 is 0. The molecule has 0 bridgehead atoms. The fraction of sp³-hybridized carbons (Fsp3) is 0.857. The predicted octanol–water partition coefficient (Wildman–Crippen LogP) is 1.65.